The maximum Gasteiger partial charge on any atom is 0.323 e. The van der Waals surface area contributed by atoms with Crippen molar-refractivity contribution in [2.45, 2.75) is 46.3 Å². The van der Waals surface area contributed by atoms with Crippen LogP contribution in [0.2, 0.25) is 0 Å². The number of esters is 1. The quantitative estimate of drug-likeness (QED) is 0.765. The first-order chi connectivity index (χ1) is 5.24. The molecule has 0 unspecified atom stereocenters. The van der Waals surface area contributed by atoms with E-state index in [2.05, 4.69) is 0 Å². The van der Waals surface area contributed by atoms with Gasteiger partial charge in [-0.15, -0.1) is 17.0 Å². The van der Waals surface area contributed by atoms with Crippen molar-refractivity contribution in [1.29, 1.82) is 0 Å². The van der Waals surface area contributed by atoms with Crippen LogP contribution in [0.1, 0.15) is 34.6 Å². The normalized spacial score (nSPS) is 13.5. The first kappa shape index (κ1) is 15.4. The van der Waals surface area contributed by atoms with Crippen LogP contribution in [0.4, 0.5) is 0 Å². The summed E-state index contributed by atoms with van der Waals surface area (Å²) in [4.78, 5) is 11.3. The van der Waals surface area contributed by atoms with Crippen LogP contribution in [0.3, 0.4) is 0 Å². The van der Waals surface area contributed by atoms with Gasteiger partial charge < -0.3 is 10.5 Å². The summed E-state index contributed by atoms with van der Waals surface area (Å²) in [6.45, 7) is 9.29. The van der Waals surface area contributed by atoms with Crippen LogP contribution in [-0.2, 0) is 9.53 Å². The summed E-state index contributed by atoms with van der Waals surface area (Å²) in [6.07, 6.45) is 0. The Bertz CT molecular complexity index is 163. The van der Waals surface area contributed by atoms with Gasteiger partial charge in [-0.1, -0.05) is 13.8 Å². The van der Waals surface area contributed by atoms with Gasteiger partial charge in [0.15, 0.2) is 0 Å². The van der Waals surface area contributed by atoms with Crippen LogP contribution >= 0.6 is 17.0 Å². The lowest BCUT2D eigenvalue weighted by Gasteiger charge is -2.23. The van der Waals surface area contributed by atoms with Crippen molar-refractivity contribution >= 4 is 23.0 Å². The summed E-state index contributed by atoms with van der Waals surface area (Å²) in [6, 6.07) is -0.510. The van der Waals surface area contributed by atoms with Gasteiger partial charge in [0, 0.05) is 0 Å². The molecule has 0 saturated carbocycles. The van der Waals surface area contributed by atoms with Crippen molar-refractivity contribution in [3.05, 3.63) is 0 Å². The van der Waals surface area contributed by atoms with Crippen molar-refractivity contribution in [2.75, 3.05) is 0 Å². The molecule has 0 aromatic heterocycles. The third kappa shape index (κ3) is 7.02. The van der Waals surface area contributed by atoms with E-state index in [9.17, 15) is 4.79 Å². The molecule has 0 aromatic rings. The summed E-state index contributed by atoms with van der Waals surface area (Å²) in [5.41, 5.74) is 5.15. The van der Waals surface area contributed by atoms with Gasteiger partial charge >= 0.3 is 5.97 Å². The van der Waals surface area contributed by atoms with E-state index < -0.39 is 11.6 Å². The summed E-state index contributed by atoms with van der Waals surface area (Å²) in [7, 11) is 0. The zero-order chi connectivity index (χ0) is 9.94. The minimum absolute atomic E-state index is 0. The fourth-order valence-electron chi connectivity index (χ4n) is 0.642. The molecular formula is C9H20BrNO2. The Kier molecular flexibility index (Phi) is 6.63. The Balaban J connectivity index is 0. The lowest BCUT2D eigenvalue weighted by Crippen LogP contribution is -2.40. The second-order valence-electron chi connectivity index (χ2n) is 4.30. The third-order valence-electron chi connectivity index (χ3n) is 1.40. The maximum atomic E-state index is 11.3. The van der Waals surface area contributed by atoms with E-state index in [0.29, 0.717) is 0 Å². The predicted molar refractivity (Wildman–Crippen MR) is 59.0 cm³/mol. The molecule has 0 aliphatic carbocycles. The van der Waals surface area contributed by atoms with Gasteiger partial charge in [-0.05, 0) is 26.7 Å². The molecule has 0 aliphatic heterocycles. The van der Waals surface area contributed by atoms with Crippen LogP contribution in [0.15, 0.2) is 0 Å². The number of hydrogen-bond donors (Lipinski definition) is 1. The van der Waals surface area contributed by atoms with E-state index in [1.165, 1.54) is 0 Å². The zero-order valence-electron chi connectivity index (χ0n) is 8.96. The molecule has 13 heavy (non-hydrogen) atoms. The molecular weight excluding hydrogens is 234 g/mol. The molecule has 0 amide bonds. The van der Waals surface area contributed by atoms with Gasteiger partial charge in [-0.2, -0.15) is 0 Å². The molecule has 0 fully saturated rings. The highest BCUT2D eigenvalue weighted by Gasteiger charge is 2.23. The fraction of sp³-hybridized carbons (Fsp3) is 0.889. The monoisotopic (exact) mass is 253 g/mol. The van der Waals surface area contributed by atoms with Crippen molar-refractivity contribution in [3.63, 3.8) is 0 Å². The van der Waals surface area contributed by atoms with Crippen molar-refractivity contribution < 1.29 is 9.53 Å². The molecule has 80 valence electrons. The highest BCUT2D eigenvalue weighted by molar-refractivity contribution is 8.93. The van der Waals surface area contributed by atoms with E-state index in [4.69, 9.17) is 10.5 Å². The van der Waals surface area contributed by atoms with Crippen molar-refractivity contribution in [2.24, 2.45) is 11.7 Å². The van der Waals surface area contributed by atoms with E-state index >= 15 is 0 Å². The molecule has 0 saturated heterocycles. The van der Waals surface area contributed by atoms with E-state index in [0.717, 1.165) is 0 Å². The van der Waals surface area contributed by atoms with Gasteiger partial charge in [0.2, 0.25) is 0 Å². The second kappa shape index (κ2) is 5.60. The first-order valence-electron chi connectivity index (χ1n) is 4.22. The first-order valence-corrected chi connectivity index (χ1v) is 4.22. The number of carbonyl (C=O) groups excluding carboxylic acids is 1. The Morgan fingerprint density at radius 1 is 1.31 bits per heavy atom. The summed E-state index contributed by atoms with van der Waals surface area (Å²) < 4.78 is 5.10. The summed E-state index contributed by atoms with van der Waals surface area (Å²) in [5.74, 6) is -0.197. The van der Waals surface area contributed by atoms with E-state index in [1.54, 1.807) is 0 Å². The molecule has 0 heterocycles. The fourth-order valence-corrected chi connectivity index (χ4v) is 0.642. The average molecular weight is 254 g/mol. The van der Waals surface area contributed by atoms with Gasteiger partial charge in [-0.3, -0.25) is 4.79 Å². The smallest absolute Gasteiger partial charge is 0.323 e. The van der Waals surface area contributed by atoms with Gasteiger partial charge in [0.25, 0.3) is 0 Å². The number of hydrogen-bond acceptors (Lipinski definition) is 3. The molecule has 0 aromatic carbocycles. The van der Waals surface area contributed by atoms with Crippen molar-refractivity contribution in [3.8, 4) is 0 Å². The minimum Gasteiger partial charge on any atom is -0.459 e. The number of nitrogens with two attached hydrogens (primary N) is 1. The largest absolute Gasteiger partial charge is 0.459 e. The molecule has 1 atom stereocenters. The van der Waals surface area contributed by atoms with Gasteiger partial charge in [-0.25, -0.2) is 0 Å². The maximum absolute atomic E-state index is 11.3. The van der Waals surface area contributed by atoms with E-state index in [1.807, 2.05) is 34.6 Å². The zero-order valence-corrected chi connectivity index (χ0v) is 10.7. The lowest BCUT2D eigenvalue weighted by atomic mass is 10.1. The Hall–Kier alpha value is -0.0900. The van der Waals surface area contributed by atoms with Crippen LogP contribution < -0.4 is 5.73 Å². The molecule has 0 radical (unpaired) electrons. The predicted octanol–water partition coefficient (Wildman–Crippen LogP) is 1.89. The standard InChI is InChI=1S/C9H19NO2.BrH/c1-6(2)7(10)8(11)12-9(3,4)5;/h6-7H,10H2,1-5H3;1H/t7-;/m0./s1. The molecule has 2 N–H and O–H groups in total. The minimum atomic E-state index is -0.510. The molecule has 0 spiro atoms. The number of ether oxygens (including phenoxy) is 1. The highest BCUT2D eigenvalue weighted by atomic mass is 79.9. The number of halogens is 1. The number of carbonyl (C=O) groups is 1. The van der Waals surface area contributed by atoms with Crippen LogP contribution in [0, 0.1) is 5.92 Å². The van der Waals surface area contributed by atoms with Crippen molar-refractivity contribution in [1.82, 2.24) is 0 Å². The van der Waals surface area contributed by atoms with Gasteiger partial charge in [0.1, 0.15) is 11.6 Å². The van der Waals surface area contributed by atoms with Crippen LogP contribution in [0.25, 0.3) is 0 Å². The van der Waals surface area contributed by atoms with Crippen LogP contribution in [0.5, 0.6) is 0 Å². The Morgan fingerprint density at radius 2 is 1.69 bits per heavy atom. The Labute approximate surface area is 90.8 Å². The SMILES string of the molecule is Br.CC(C)[C@H](N)C(=O)OC(C)(C)C. The topological polar surface area (TPSA) is 52.3 Å². The lowest BCUT2D eigenvalue weighted by molar-refractivity contribution is -0.157. The molecule has 4 heteroatoms. The Morgan fingerprint density at radius 3 is 1.92 bits per heavy atom. The average Bonchev–Trinajstić information content (AvgIpc) is 1.82. The highest BCUT2D eigenvalue weighted by Crippen LogP contribution is 2.10. The summed E-state index contributed by atoms with van der Waals surface area (Å²) in [5, 5.41) is 0. The third-order valence-corrected chi connectivity index (χ3v) is 1.40. The van der Waals surface area contributed by atoms with Gasteiger partial charge in [0.05, 0.1) is 0 Å². The van der Waals surface area contributed by atoms with E-state index in [-0.39, 0.29) is 28.9 Å². The number of rotatable bonds is 2. The van der Waals surface area contributed by atoms with Crippen LogP contribution in [-0.4, -0.2) is 17.6 Å². The molecule has 0 bridgehead atoms. The molecule has 0 aliphatic rings. The summed E-state index contributed by atoms with van der Waals surface area (Å²) >= 11 is 0. The molecule has 3 nitrogen and oxygen atoms in total. The second-order valence-corrected chi connectivity index (χ2v) is 4.30. The molecule has 0 rings (SSSR count).